The van der Waals surface area contributed by atoms with Crippen LogP contribution >= 0.6 is 0 Å². The second kappa shape index (κ2) is 23.3. The number of esters is 1. The van der Waals surface area contributed by atoms with Crippen molar-refractivity contribution in [3.63, 3.8) is 0 Å². The first-order valence-electron chi connectivity index (χ1n) is 23.0. The van der Waals surface area contributed by atoms with Crippen molar-refractivity contribution in [3.05, 3.63) is 94.8 Å². The van der Waals surface area contributed by atoms with Crippen molar-refractivity contribution in [2.75, 3.05) is 45.7 Å². The number of allylic oxidation sites excluding steroid dienone is 2. The zero-order valence-electron chi connectivity index (χ0n) is 41.2. The number of methoxy groups -OCH3 is 1. The summed E-state index contributed by atoms with van der Waals surface area (Å²) in [6.07, 6.45) is 7.54. The molecule has 5 bridgehead atoms. The highest BCUT2D eigenvalue weighted by Gasteiger charge is 2.50. The van der Waals surface area contributed by atoms with Crippen LogP contribution in [0.15, 0.2) is 77.6 Å². The molecule has 3 aromatic rings. The van der Waals surface area contributed by atoms with Gasteiger partial charge in [-0.25, -0.2) is 4.79 Å². The Hall–Kier alpha value is -6.73. The van der Waals surface area contributed by atoms with E-state index in [-0.39, 0.29) is 44.5 Å². The van der Waals surface area contributed by atoms with Crippen LogP contribution < -0.4 is 10.1 Å². The predicted octanol–water partition coefficient (Wildman–Crippen LogP) is 6.12. The molecule has 0 aliphatic carbocycles. The number of ketones is 1. The smallest absolute Gasteiger partial charge is 0.328 e. The number of piperazine rings is 1. The van der Waals surface area contributed by atoms with Crippen LogP contribution in [0.25, 0.3) is 16.8 Å². The van der Waals surface area contributed by atoms with Crippen molar-refractivity contribution in [2.45, 2.75) is 85.6 Å². The number of carboxylic acids is 1. The highest BCUT2D eigenvalue weighted by atomic mass is 16.7. The monoisotopic (exact) mass is 970 g/mol. The summed E-state index contributed by atoms with van der Waals surface area (Å²) in [5, 5.41) is 75.1. The molecule has 4 aliphatic heterocycles. The van der Waals surface area contributed by atoms with Crippen LogP contribution in [-0.2, 0) is 28.6 Å². The number of fused-ring (bicyclic) bond motifs is 14. The summed E-state index contributed by atoms with van der Waals surface area (Å²) in [7, 11) is 3.42. The van der Waals surface area contributed by atoms with Gasteiger partial charge in [0, 0.05) is 93.4 Å². The van der Waals surface area contributed by atoms with Gasteiger partial charge in [-0.15, -0.1) is 0 Å². The molecule has 4 heterocycles. The molecule has 0 radical (unpaired) electrons. The number of aliphatic carboxylic acids is 1. The minimum absolute atomic E-state index is 0.0559. The van der Waals surface area contributed by atoms with Crippen LogP contribution in [0, 0.1) is 30.6 Å². The molecule has 7 N–H and O–H groups in total. The number of benzene rings is 3. The van der Waals surface area contributed by atoms with Crippen molar-refractivity contribution in [1.29, 1.82) is 0 Å². The van der Waals surface area contributed by atoms with Gasteiger partial charge >= 0.3 is 17.7 Å². The molecule has 1 amide bonds. The number of aromatic hydroxyl groups is 3. The first kappa shape index (κ1) is 54.2. The van der Waals surface area contributed by atoms with Gasteiger partial charge in [-0.1, -0.05) is 76.3 Å². The normalized spacial score (nSPS) is 28.6. The number of hydrogen-bond acceptors (Lipinski definition) is 16. The molecule has 18 nitrogen and oxygen atoms in total. The summed E-state index contributed by atoms with van der Waals surface area (Å²) in [6.45, 7) is 15.1. The van der Waals surface area contributed by atoms with Gasteiger partial charge in [-0.2, -0.15) is 5.10 Å². The standard InChI is InChI=1S/C43H58N4O12.C9H8O2/c1-21-12-11-13-22(2)42(55)45-33-28(20-44-47-17-15-46(9)16-18-47)37(52)30-31(38(33)53)36(51)26(6)40-32(30)41(54)43(8,59-40)57-19-14-29(56-10)23(3)39(58-27(7)48)25(5)35(50)24(4)34(21)49;10-9(11)7-6-8-4-2-1-3-5-8/h11-14,19-21,23-25,29,34-35,39,49-53H,15-18H2,1-10H3,(H,45,55);1-7H,(H,10,11)/b12-11+,19-14+,22-13-,44-20+;7-6+/t21-,23+,24+,25+,29-,34-,35+,39+,43-;/m0./s1. The third-order valence-corrected chi connectivity index (χ3v) is 13.1. The Morgan fingerprint density at radius 3 is 2.17 bits per heavy atom. The summed E-state index contributed by atoms with van der Waals surface area (Å²) in [5.74, 6) is -9.27. The van der Waals surface area contributed by atoms with E-state index in [0.29, 0.717) is 13.1 Å². The van der Waals surface area contributed by atoms with E-state index in [9.17, 15) is 44.7 Å². The molecule has 0 aromatic heterocycles. The molecule has 4 aliphatic rings. The fourth-order valence-electron chi connectivity index (χ4n) is 8.65. The number of nitrogens with one attached hydrogen (secondary N) is 1. The van der Waals surface area contributed by atoms with Gasteiger partial charge in [-0.05, 0) is 38.6 Å². The number of nitrogens with zero attached hydrogens (tertiary/aromatic N) is 3. The number of likely N-dealkylation sites (N-methyl/N-ethyl adjacent to an activating group) is 1. The summed E-state index contributed by atoms with van der Waals surface area (Å²) in [5.41, 5.74) is 0.548. The van der Waals surface area contributed by atoms with E-state index in [2.05, 4.69) is 15.3 Å². The lowest BCUT2D eigenvalue weighted by Gasteiger charge is -2.38. The number of phenols is 3. The molecule has 18 heteroatoms. The average molecular weight is 971 g/mol. The third-order valence-electron chi connectivity index (χ3n) is 13.1. The lowest BCUT2D eigenvalue weighted by atomic mass is 9.78. The quantitative estimate of drug-likeness (QED) is 0.0483. The molecule has 0 saturated carbocycles. The topological polar surface area (TPSA) is 257 Å². The Morgan fingerprint density at radius 1 is 0.900 bits per heavy atom. The van der Waals surface area contributed by atoms with Crippen LogP contribution in [0.5, 0.6) is 23.0 Å². The average Bonchev–Trinajstić information content (AvgIpc) is 3.59. The summed E-state index contributed by atoms with van der Waals surface area (Å²) in [6, 6.07) is 9.31. The molecular formula is C52H66N4O14. The Bertz CT molecular complexity index is 2570. The maximum atomic E-state index is 14.4. The van der Waals surface area contributed by atoms with Crippen LogP contribution in [0.2, 0.25) is 0 Å². The fraction of sp³-hybridized carbons (Fsp3) is 0.442. The van der Waals surface area contributed by atoms with Crippen molar-refractivity contribution in [3.8, 4) is 23.0 Å². The van der Waals surface area contributed by atoms with Crippen LogP contribution in [0.3, 0.4) is 0 Å². The summed E-state index contributed by atoms with van der Waals surface area (Å²) < 4.78 is 23.6. The molecule has 70 heavy (non-hydrogen) atoms. The van der Waals surface area contributed by atoms with Crippen molar-refractivity contribution in [1.82, 2.24) is 9.91 Å². The van der Waals surface area contributed by atoms with Crippen molar-refractivity contribution >= 4 is 52.4 Å². The number of carbonyl (C=O) groups excluding carboxylic acids is 3. The Balaban J connectivity index is 0.000000729. The van der Waals surface area contributed by atoms with Gasteiger partial charge in [0.15, 0.2) is 5.75 Å². The second-order valence-corrected chi connectivity index (χ2v) is 18.2. The molecule has 0 unspecified atom stereocenters. The lowest BCUT2D eigenvalue weighted by molar-refractivity contribution is -0.160. The molecule has 9 atom stereocenters. The maximum Gasteiger partial charge on any atom is 0.328 e. The van der Waals surface area contributed by atoms with Crippen LogP contribution in [0.4, 0.5) is 5.69 Å². The van der Waals surface area contributed by atoms with E-state index in [0.717, 1.165) is 24.7 Å². The van der Waals surface area contributed by atoms with Crippen molar-refractivity contribution in [2.24, 2.45) is 28.8 Å². The van der Waals surface area contributed by atoms with E-state index in [4.69, 9.17) is 24.1 Å². The number of hydrazone groups is 1. The van der Waals surface area contributed by atoms with Gasteiger partial charge in [0.25, 0.3) is 11.7 Å². The number of Topliss-reactive ketones (excluding diaryl/α,β-unsaturated/α-hetero) is 1. The number of phenolic OH excluding ortho intramolecular Hbond substituents is 3. The van der Waals surface area contributed by atoms with Gasteiger partial charge in [0.1, 0.15) is 23.4 Å². The van der Waals surface area contributed by atoms with Crippen LogP contribution in [-0.4, -0.2) is 141 Å². The number of hydrogen-bond donors (Lipinski definition) is 7. The SMILES string of the molecule is CO[C@H]1/C=C/O[C@@]2(C)Oc3c(C)c(O)c4c(O)c(c(/C=N/N5CCN(C)CC5)c(O)c4c3C2=O)NC(=O)/C(C)=C\C=C\[C@H](C)[C@H](O)[C@@H](C)[C@@H](O)[C@@H](C)[C@H](OC(C)=O)[C@@H]1C.O=C(O)/C=C/c1ccccc1. The predicted molar refractivity (Wildman–Crippen MR) is 264 cm³/mol. The Morgan fingerprint density at radius 2 is 1.56 bits per heavy atom. The minimum atomic E-state index is -2.04. The fourth-order valence-corrected chi connectivity index (χ4v) is 8.65. The van der Waals surface area contributed by atoms with Gasteiger partial charge < -0.3 is 59.8 Å². The molecular weight excluding hydrogens is 905 g/mol. The first-order chi connectivity index (χ1) is 33.0. The van der Waals surface area contributed by atoms with E-state index < -0.39 is 94.8 Å². The molecule has 7 rings (SSSR count). The van der Waals surface area contributed by atoms with Gasteiger partial charge in [0.2, 0.25) is 0 Å². The Labute approximate surface area is 407 Å². The lowest BCUT2D eigenvalue weighted by Crippen LogP contribution is -2.46. The number of aliphatic hydroxyl groups is 2. The van der Waals surface area contributed by atoms with Gasteiger partial charge in [-0.3, -0.25) is 19.4 Å². The zero-order valence-corrected chi connectivity index (χ0v) is 41.2. The van der Waals surface area contributed by atoms with E-state index >= 15 is 0 Å². The van der Waals surface area contributed by atoms with E-state index in [1.54, 1.807) is 50.9 Å². The van der Waals surface area contributed by atoms with Crippen LogP contribution in [0.1, 0.15) is 75.5 Å². The number of carboxylic acid groups (broad SMARTS) is 1. The molecule has 1 fully saturated rings. The molecule has 378 valence electrons. The number of aliphatic hydroxyl groups excluding tert-OH is 2. The second-order valence-electron chi connectivity index (χ2n) is 18.2. The number of rotatable bonds is 6. The Kier molecular flexibility index (Phi) is 18.0. The highest BCUT2D eigenvalue weighted by Crippen LogP contribution is 2.55. The first-order valence-corrected chi connectivity index (χ1v) is 23.0. The number of anilines is 1. The minimum Gasteiger partial charge on any atom is -0.507 e. The number of amides is 1. The molecule has 0 spiro atoms. The van der Waals surface area contributed by atoms with Gasteiger partial charge in [0.05, 0.1) is 53.0 Å². The molecule has 1 saturated heterocycles. The highest BCUT2D eigenvalue weighted by molar-refractivity contribution is 6.23. The number of ether oxygens (including phenoxy) is 4. The zero-order chi connectivity index (χ0) is 51.8. The van der Waals surface area contributed by atoms with Crippen molar-refractivity contribution < 1.29 is 68.8 Å². The molecule has 3 aromatic carbocycles. The number of carbonyl (C=O) groups is 4. The third kappa shape index (κ3) is 12.2. The maximum absolute atomic E-state index is 14.4. The summed E-state index contributed by atoms with van der Waals surface area (Å²) in [4.78, 5) is 52.7. The summed E-state index contributed by atoms with van der Waals surface area (Å²) >= 11 is 0. The van der Waals surface area contributed by atoms with E-state index in [1.165, 1.54) is 59.4 Å². The largest absolute Gasteiger partial charge is 0.507 e. The van der Waals surface area contributed by atoms with E-state index in [1.807, 2.05) is 37.4 Å².